The van der Waals surface area contributed by atoms with Gasteiger partial charge in [0.2, 0.25) is 5.91 Å². The van der Waals surface area contributed by atoms with Crippen LogP contribution in [0.5, 0.6) is 5.75 Å². The summed E-state index contributed by atoms with van der Waals surface area (Å²) in [5.41, 5.74) is 1.01. The molecule has 0 aliphatic carbocycles. The Balaban J connectivity index is 1.96. The molecule has 1 aliphatic rings. The number of aryl methyl sites for hydroxylation is 2. The molecule has 1 amide bonds. The Morgan fingerprint density at radius 2 is 1.97 bits per heavy atom. The molecule has 1 aliphatic heterocycles. The van der Waals surface area contributed by atoms with Crippen LogP contribution in [0.4, 0.5) is 0 Å². The predicted octanol–water partition coefficient (Wildman–Crippen LogP) is 2.43. The van der Waals surface area contributed by atoms with E-state index in [0.29, 0.717) is 47.1 Å². The number of fused-ring (bicyclic) bond motifs is 1. The van der Waals surface area contributed by atoms with Crippen molar-refractivity contribution >= 4 is 16.9 Å². The number of nitrogens with zero attached hydrogens (tertiary/aromatic N) is 4. The van der Waals surface area contributed by atoms with Crippen molar-refractivity contribution in [3.8, 4) is 11.4 Å². The van der Waals surface area contributed by atoms with Gasteiger partial charge in [0.15, 0.2) is 5.65 Å². The predicted molar refractivity (Wildman–Crippen MR) is 123 cm³/mol. The van der Waals surface area contributed by atoms with Crippen LogP contribution in [0.15, 0.2) is 39.9 Å². The Hall–Kier alpha value is -3.42. The maximum Gasteiger partial charge on any atom is 0.337 e. The molecule has 1 fully saturated rings. The number of carbonyl (C=O) groups is 1. The first-order valence-electron chi connectivity index (χ1n) is 10.9. The number of piperidine rings is 1. The Morgan fingerprint density at radius 3 is 2.69 bits per heavy atom. The summed E-state index contributed by atoms with van der Waals surface area (Å²) in [6.45, 7) is 6.72. The van der Waals surface area contributed by atoms with Crippen LogP contribution >= 0.6 is 0 Å². The molecule has 0 N–H and O–H groups in total. The number of para-hydroxylation sites is 2. The molecule has 0 radical (unpaired) electrons. The first kappa shape index (κ1) is 21.8. The number of methoxy groups -OCH3 is 1. The molecule has 0 bridgehead atoms. The van der Waals surface area contributed by atoms with Crippen molar-refractivity contribution in [3.05, 3.63) is 62.4 Å². The Morgan fingerprint density at radius 1 is 1.22 bits per heavy atom. The van der Waals surface area contributed by atoms with Gasteiger partial charge in [0.1, 0.15) is 12.3 Å². The van der Waals surface area contributed by atoms with Gasteiger partial charge in [-0.3, -0.25) is 9.59 Å². The molecule has 8 nitrogen and oxygen atoms in total. The highest BCUT2D eigenvalue weighted by atomic mass is 16.5. The largest absolute Gasteiger partial charge is 0.495 e. The number of likely N-dealkylation sites (tertiary alicyclic amines) is 1. The lowest BCUT2D eigenvalue weighted by Gasteiger charge is -2.31. The zero-order chi connectivity index (χ0) is 23.0. The Bertz CT molecular complexity index is 1310. The van der Waals surface area contributed by atoms with E-state index in [4.69, 9.17) is 4.74 Å². The lowest BCUT2D eigenvalue weighted by atomic mass is 10.0. The summed E-state index contributed by atoms with van der Waals surface area (Å²) >= 11 is 0. The summed E-state index contributed by atoms with van der Waals surface area (Å²) < 4.78 is 7.88. The fourth-order valence-corrected chi connectivity index (χ4v) is 4.50. The fraction of sp³-hybridized carbons (Fsp3) is 0.417. The number of amides is 1. The monoisotopic (exact) mass is 436 g/mol. The van der Waals surface area contributed by atoms with Gasteiger partial charge in [-0.25, -0.2) is 18.9 Å². The summed E-state index contributed by atoms with van der Waals surface area (Å²) in [7, 11) is 1.52. The van der Waals surface area contributed by atoms with Crippen molar-refractivity contribution in [1.29, 1.82) is 0 Å². The first-order valence-corrected chi connectivity index (χ1v) is 10.9. The number of rotatable bonds is 4. The summed E-state index contributed by atoms with van der Waals surface area (Å²) in [6, 6.07) is 8.87. The lowest BCUT2D eigenvalue weighted by molar-refractivity contribution is -0.133. The third-order valence-corrected chi connectivity index (χ3v) is 6.05. The molecule has 1 atom stereocenters. The number of carbonyl (C=O) groups excluding carboxylic acids is 1. The molecular weight excluding hydrogens is 408 g/mol. The van der Waals surface area contributed by atoms with Crippen molar-refractivity contribution < 1.29 is 9.53 Å². The maximum absolute atomic E-state index is 13.6. The molecule has 3 aromatic rings. The molecule has 168 valence electrons. The van der Waals surface area contributed by atoms with Gasteiger partial charge in [-0.2, -0.15) is 0 Å². The van der Waals surface area contributed by atoms with Crippen molar-refractivity contribution in [2.45, 2.75) is 40.2 Å². The molecule has 1 saturated heterocycles. The second-order valence-corrected chi connectivity index (χ2v) is 8.55. The zero-order valence-corrected chi connectivity index (χ0v) is 18.9. The summed E-state index contributed by atoms with van der Waals surface area (Å²) in [5, 5.41) is 0.320. The minimum Gasteiger partial charge on any atom is -0.495 e. The average molecular weight is 437 g/mol. The molecular formula is C24H28N4O4. The van der Waals surface area contributed by atoms with E-state index < -0.39 is 11.2 Å². The number of hydrogen-bond acceptors (Lipinski definition) is 5. The first-order chi connectivity index (χ1) is 15.3. The standard InChI is InChI=1S/C24H28N4O4/c1-15-8-7-11-26(13-15)20(29)14-27-23(30)21-16(2)12-17(3)25-22(21)28(24(27)31)18-9-5-6-10-19(18)32-4/h5-6,9-10,12,15H,7-8,11,13-14H2,1-4H3/t15-/m0/s1. The van der Waals surface area contributed by atoms with Crippen LogP contribution in [0.1, 0.15) is 31.0 Å². The van der Waals surface area contributed by atoms with E-state index in [1.165, 1.54) is 11.7 Å². The van der Waals surface area contributed by atoms with Gasteiger partial charge in [0.05, 0.1) is 18.2 Å². The highest BCUT2D eigenvalue weighted by Crippen LogP contribution is 2.24. The highest BCUT2D eigenvalue weighted by Gasteiger charge is 2.25. The van der Waals surface area contributed by atoms with Crippen molar-refractivity contribution in [2.24, 2.45) is 5.92 Å². The molecule has 8 heteroatoms. The number of ether oxygens (including phenoxy) is 1. The van der Waals surface area contributed by atoms with E-state index in [-0.39, 0.29) is 18.1 Å². The van der Waals surface area contributed by atoms with Crippen LogP contribution in [0.3, 0.4) is 0 Å². The van der Waals surface area contributed by atoms with Crippen LogP contribution in [-0.4, -0.2) is 45.1 Å². The minimum atomic E-state index is -0.608. The third-order valence-electron chi connectivity index (χ3n) is 6.05. The van der Waals surface area contributed by atoms with Gasteiger partial charge in [-0.1, -0.05) is 19.1 Å². The van der Waals surface area contributed by atoms with Crippen LogP contribution in [-0.2, 0) is 11.3 Å². The number of benzene rings is 1. The van der Waals surface area contributed by atoms with Crippen LogP contribution < -0.4 is 16.0 Å². The van der Waals surface area contributed by atoms with Crippen LogP contribution in [0, 0.1) is 19.8 Å². The average Bonchev–Trinajstić information content (AvgIpc) is 2.76. The van der Waals surface area contributed by atoms with Crippen molar-refractivity contribution in [1.82, 2.24) is 19.0 Å². The highest BCUT2D eigenvalue weighted by molar-refractivity contribution is 5.81. The molecule has 0 unspecified atom stereocenters. The lowest BCUT2D eigenvalue weighted by Crippen LogP contribution is -2.47. The third kappa shape index (κ3) is 3.81. The van der Waals surface area contributed by atoms with Gasteiger partial charge in [-0.05, 0) is 56.4 Å². The molecule has 0 spiro atoms. The number of aromatic nitrogens is 3. The minimum absolute atomic E-state index is 0.223. The summed E-state index contributed by atoms with van der Waals surface area (Å²) in [4.78, 5) is 46.4. The summed E-state index contributed by atoms with van der Waals surface area (Å²) in [5.74, 6) is 0.651. The second-order valence-electron chi connectivity index (χ2n) is 8.55. The Labute approximate surface area is 186 Å². The zero-order valence-electron chi connectivity index (χ0n) is 18.9. The number of pyridine rings is 1. The quantitative estimate of drug-likeness (QED) is 0.627. The van der Waals surface area contributed by atoms with Gasteiger partial charge in [0.25, 0.3) is 5.56 Å². The van der Waals surface area contributed by atoms with Crippen LogP contribution in [0.2, 0.25) is 0 Å². The molecule has 0 saturated carbocycles. The van der Waals surface area contributed by atoms with Gasteiger partial charge in [0, 0.05) is 18.8 Å². The SMILES string of the molecule is COc1ccccc1-n1c(=O)n(CC(=O)N2CCC[C@H](C)C2)c(=O)c2c(C)cc(C)nc21. The van der Waals surface area contributed by atoms with Crippen molar-refractivity contribution in [2.75, 3.05) is 20.2 Å². The van der Waals surface area contributed by atoms with Crippen LogP contribution in [0.25, 0.3) is 16.7 Å². The van der Waals surface area contributed by atoms with E-state index >= 15 is 0 Å². The molecule has 4 rings (SSSR count). The van der Waals surface area contributed by atoms with E-state index in [1.54, 1.807) is 35.2 Å². The van der Waals surface area contributed by atoms with Crippen molar-refractivity contribution in [3.63, 3.8) is 0 Å². The fourth-order valence-electron chi connectivity index (χ4n) is 4.50. The molecule has 32 heavy (non-hydrogen) atoms. The number of hydrogen-bond donors (Lipinski definition) is 0. The topological polar surface area (TPSA) is 86.4 Å². The maximum atomic E-state index is 13.6. The van der Waals surface area contributed by atoms with E-state index in [0.717, 1.165) is 17.4 Å². The van der Waals surface area contributed by atoms with Gasteiger partial charge >= 0.3 is 5.69 Å². The summed E-state index contributed by atoms with van der Waals surface area (Å²) in [6.07, 6.45) is 2.00. The van der Waals surface area contributed by atoms with E-state index in [1.807, 2.05) is 13.8 Å². The molecule has 2 aromatic heterocycles. The van der Waals surface area contributed by atoms with Gasteiger partial charge in [-0.15, -0.1) is 0 Å². The second kappa shape index (κ2) is 8.61. The molecule has 3 heterocycles. The molecule has 1 aromatic carbocycles. The smallest absolute Gasteiger partial charge is 0.337 e. The van der Waals surface area contributed by atoms with E-state index in [9.17, 15) is 14.4 Å². The Kier molecular flexibility index (Phi) is 5.86. The van der Waals surface area contributed by atoms with E-state index in [2.05, 4.69) is 11.9 Å². The van der Waals surface area contributed by atoms with Gasteiger partial charge < -0.3 is 9.64 Å². The normalized spacial score (nSPS) is 16.4.